The van der Waals surface area contributed by atoms with E-state index in [0.717, 1.165) is 6.07 Å². The molecule has 0 unspecified atom stereocenters. The summed E-state index contributed by atoms with van der Waals surface area (Å²) in [7, 11) is -4.00. The number of esters is 1. The Morgan fingerprint density at radius 2 is 2.06 bits per heavy atom. The summed E-state index contributed by atoms with van der Waals surface area (Å²) >= 11 is 0. The number of aromatic nitrogens is 1. The molecular formula is C8H12N2O5S. The Kier molecular flexibility index (Phi) is 3.06. The third-order valence-electron chi connectivity index (χ3n) is 1.38. The van der Waals surface area contributed by atoms with Crippen LogP contribution in [0.1, 0.15) is 31.3 Å². The van der Waals surface area contributed by atoms with Gasteiger partial charge in [0.05, 0.1) is 0 Å². The molecule has 0 atom stereocenters. The standard InChI is InChI=1S/C8H12N2O5S/c1-8(2,3)14-7(11)5-4-6(15-10-5)16(9,12)13/h4H,1-3H3,(H2,9,12,13). The molecule has 0 saturated carbocycles. The molecule has 0 radical (unpaired) electrons. The number of nitrogens with two attached hydrogens (primary N) is 1. The number of carbonyl (C=O) groups is 1. The van der Waals surface area contributed by atoms with Crippen molar-refractivity contribution in [2.24, 2.45) is 5.14 Å². The van der Waals surface area contributed by atoms with Gasteiger partial charge in [-0.15, -0.1) is 0 Å². The number of nitrogens with zero attached hydrogens (tertiary/aromatic N) is 1. The molecule has 7 nitrogen and oxygen atoms in total. The van der Waals surface area contributed by atoms with Gasteiger partial charge >= 0.3 is 5.97 Å². The maximum atomic E-state index is 11.4. The van der Waals surface area contributed by atoms with Crippen LogP contribution >= 0.6 is 0 Å². The van der Waals surface area contributed by atoms with Crippen LogP contribution in [-0.2, 0) is 14.8 Å². The van der Waals surface area contributed by atoms with E-state index in [-0.39, 0.29) is 5.69 Å². The molecule has 0 aromatic carbocycles. The molecule has 0 amide bonds. The number of primary sulfonamides is 1. The van der Waals surface area contributed by atoms with Crippen LogP contribution < -0.4 is 5.14 Å². The number of carbonyl (C=O) groups excluding carboxylic acids is 1. The number of hydrogen-bond donors (Lipinski definition) is 1. The van der Waals surface area contributed by atoms with Gasteiger partial charge in [0, 0.05) is 6.07 Å². The highest BCUT2D eigenvalue weighted by atomic mass is 32.2. The summed E-state index contributed by atoms with van der Waals surface area (Å²) in [6, 6.07) is 0.920. The topological polar surface area (TPSA) is 112 Å². The molecule has 90 valence electrons. The van der Waals surface area contributed by atoms with E-state index in [2.05, 4.69) is 9.68 Å². The lowest BCUT2D eigenvalue weighted by atomic mass is 10.2. The Morgan fingerprint density at radius 1 is 1.50 bits per heavy atom. The summed E-state index contributed by atoms with van der Waals surface area (Å²) < 4.78 is 31.0. The first kappa shape index (κ1) is 12.7. The lowest BCUT2D eigenvalue weighted by molar-refractivity contribution is 0.00585. The third-order valence-corrected chi connectivity index (χ3v) is 2.13. The highest BCUT2D eigenvalue weighted by Gasteiger charge is 2.23. The van der Waals surface area contributed by atoms with Crippen molar-refractivity contribution in [1.82, 2.24) is 5.16 Å². The molecular weight excluding hydrogens is 236 g/mol. The summed E-state index contributed by atoms with van der Waals surface area (Å²) in [4.78, 5) is 11.4. The summed E-state index contributed by atoms with van der Waals surface area (Å²) in [6.07, 6.45) is 0. The van der Waals surface area contributed by atoms with Crippen molar-refractivity contribution < 1.29 is 22.5 Å². The van der Waals surface area contributed by atoms with Gasteiger partial charge in [-0.2, -0.15) is 0 Å². The molecule has 1 rings (SSSR count). The van der Waals surface area contributed by atoms with Crippen LogP contribution in [0.2, 0.25) is 0 Å². The molecule has 0 spiro atoms. The van der Waals surface area contributed by atoms with Crippen LogP contribution in [0.25, 0.3) is 0 Å². The molecule has 8 heteroatoms. The average Bonchev–Trinajstić information content (AvgIpc) is 2.46. The fraction of sp³-hybridized carbons (Fsp3) is 0.500. The van der Waals surface area contributed by atoms with Gasteiger partial charge < -0.3 is 9.26 Å². The number of ether oxygens (including phenoxy) is 1. The van der Waals surface area contributed by atoms with Crippen LogP contribution in [0.5, 0.6) is 0 Å². The van der Waals surface area contributed by atoms with Gasteiger partial charge in [-0.1, -0.05) is 5.16 Å². The predicted octanol–water partition coefficient (Wildman–Crippen LogP) is 0.277. The summed E-state index contributed by atoms with van der Waals surface area (Å²) in [6.45, 7) is 5.02. The quantitative estimate of drug-likeness (QED) is 0.752. The summed E-state index contributed by atoms with van der Waals surface area (Å²) in [5.41, 5.74) is -0.934. The SMILES string of the molecule is CC(C)(C)OC(=O)c1cc(S(N)(=O)=O)on1. The molecule has 0 aliphatic carbocycles. The predicted molar refractivity (Wildman–Crippen MR) is 53.0 cm³/mol. The monoisotopic (exact) mass is 248 g/mol. The maximum Gasteiger partial charge on any atom is 0.361 e. The van der Waals surface area contributed by atoms with E-state index in [9.17, 15) is 13.2 Å². The molecule has 0 aliphatic rings. The largest absolute Gasteiger partial charge is 0.455 e. The second-order valence-electron chi connectivity index (χ2n) is 4.08. The minimum Gasteiger partial charge on any atom is -0.455 e. The van der Waals surface area contributed by atoms with Crippen molar-refractivity contribution in [3.8, 4) is 0 Å². The average molecular weight is 248 g/mol. The smallest absolute Gasteiger partial charge is 0.361 e. The lowest BCUT2D eigenvalue weighted by Crippen LogP contribution is -2.24. The van der Waals surface area contributed by atoms with Gasteiger partial charge in [-0.05, 0) is 20.8 Å². The Hall–Kier alpha value is -1.41. The Labute approximate surface area is 92.6 Å². The Bertz CT molecular complexity index is 497. The third kappa shape index (κ3) is 3.31. The fourth-order valence-corrected chi connectivity index (χ4v) is 1.24. The minimum absolute atomic E-state index is 0.237. The van der Waals surface area contributed by atoms with Crippen LogP contribution in [-0.4, -0.2) is 25.1 Å². The first-order valence-electron chi connectivity index (χ1n) is 4.32. The highest BCUT2D eigenvalue weighted by Crippen LogP contribution is 2.14. The summed E-state index contributed by atoms with van der Waals surface area (Å²) in [5.74, 6) is -0.772. The molecule has 0 aliphatic heterocycles. The first-order valence-corrected chi connectivity index (χ1v) is 5.87. The van der Waals surface area contributed by atoms with Crippen LogP contribution in [0.15, 0.2) is 15.7 Å². The van der Waals surface area contributed by atoms with Crippen molar-refractivity contribution in [2.75, 3.05) is 0 Å². The zero-order valence-electron chi connectivity index (χ0n) is 9.05. The summed E-state index contributed by atoms with van der Waals surface area (Å²) in [5, 5.41) is 7.47. The molecule has 0 fully saturated rings. The van der Waals surface area contributed by atoms with Crippen LogP contribution in [0, 0.1) is 0 Å². The molecule has 1 aromatic heterocycles. The van der Waals surface area contributed by atoms with Gasteiger partial charge in [-0.25, -0.2) is 18.4 Å². The first-order chi connectivity index (χ1) is 7.09. The van der Waals surface area contributed by atoms with Crippen molar-refractivity contribution in [3.63, 3.8) is 0 Å². The molecule has 2 N–H and O–H groups in total. The number of hydrogen-bond acceptors (Lipinski definition) is 6. The van der Waals surface area contributed by atoms with Crippen molar-refractivity contribution in [2.45, 2.75) is 31.5 Å². The van der Waals surface area contributed by atoms with E-state index in [0.29, 0.717) is 0 Å². The van der Waals surface area contributed by atoms with E-state index >= 15 is 0 Å². The molecule has 16 heavy (non-hydrogen) atoms. The van der Waals surface area contributed by atoms with E-state index in [1.165, 1.54) is 0 Å². The van der Waals surface area contributed by atoms with Crippen molar-refractivity contribution in [3.05, 3.63) is 11.8 Å². The Morgan fingerprint density at radius 3 is 2.44 bits per heavy atom. The normalized spacial score (nSPS) is 12.5. The highest BCUT2D eigenvalue weighted by molar-refractivity contribution is 7.89. The molecule has 1 aromatic rings. The zero-order chi connectivity index (χ0) is 12.6. The number of rotatable bonds is 2. The van der Waals surface area contributed by atoms with Gasteiger partial charge in [-0.3, -0.25) is 0 Å². The van der Waals surface area contributed by atoms with Crippen LogP contribution in [0.4, 0.5) is 0 Å². The number of sulfonamides is 1. The lowest BCUT2D eigenvalue weighted by Gasteiger charge is -2.18. The van der Waals surface area contributed by atoms with Crippen molar-refractivity contribution >= 4 is 16.0 Å². The van der Waals surface area contributed by atoms with Crippen molar-refractivity contribution in [1.29, 1.82) is 0 Å². The molecule has 0 saturated heterocycles. The Balaban J connectivity index is 2.92. The van der Waals surface area contributed by atoms with Crippen LogP contribution in [0.3, 0.4) is 0 Å². The zero-order valence-corrected chi connectivity index (χ0v) is 9.87. The van der Waals surface area contributed by atoms with E-state index in [4.69, 9.17) is 9.88 Å². The second-order valence-corrected chi connectivity index (χ2v) is 5.57. The van der Waals surface area contributed by atoms with E-state index in [1.807, 2.05) is 0 Å². The van der Waals surface area contributed by atoms with Gasteiger partial charge in [0.2, 0.25) is 0 Å². The molecule has 0 bridgehead atoms. The molecule has 1 heterocycles. The van der Waals surface area contributed by atoms with Gasteiger partial charge in [0.1, 0.15) is 5.60 Å². The van der Waals surface area contributed by atoms with Gasteiger partial charge in [0.15, 0.2) is 5.69 Å². The van der Waals surface area contributed by atoms with E-state index in [1.54, 1.807) is 20.8 Å². The minimum atomic E-state index is -4.00. The van der Waals surface area contributed by atoms with Gasteiger partial charge in [0.25, 0.3) is 15.1 Å². The second kappa shape index (κ2) is 3.87. The fourth-order valence-electron chi connectivity index (χ4n) is 0.819. The van der Waals surface area contributed by atoms with E-state index < -0.39 is 26.7 Å². The maximum absolute atomic E-state index is 11.4.